The van der Waals surface area contributed by atoms with Gasteiger partial charge in [-0.2, -0.15) is 0 Å². The van der Waals surface area contributed by atoms with Crippen molar-refractivity contribution in [3.8, 4) is 0 Å². The molecule has 1 fully saturated rings. The van der Waals surface area contributed by atoms with Crippen molar-refractivity contribution in [3.63, 3.8) is 0 Å². The van der Waals surface area contributed by atoms with Gasteiger partial charge in [-0.3, -0.25) is 9.59 Å². The Morgan fingerprint density at radius 3 is 2.74 bits per heavy atom. The lowest BCUT2D eigenvalue weighted by Crippen LogP contribution is -2.36. The zero-order valence-corrected chi connectivity index (χ0v) is 13.7. The van der Waals surface area contributed by atoms with Crippen molar-refractivity contribution in [2.45, 2.75) is 45.6 Å². The maximum atomic E-state index is 12.4. The van der Waals surface area contributed by atoms with Crippen molar-refractivity contribution in [1.29, 1.82) is 0 Å². The van der Waals surface area contributed by atoms with Gasteiger partial charge in [0.15, 0.2) is 0 Å². The van der Waals surface area contributed by atoms with Crippen molar-refractivity contribution in [2.75, 3.05) is 6.54 Å². The van der Waals surface area contributed by atoms with Gasteiger partial charge in [-0.05, 0) is 37.3 Å². The summed E-state index contributed by atoms with van der Waals surface area (Å²) in [6.07, 6.45) is 5.55. The molecule has 4 nitrogen and oxygen atoms in total. The Kier molecular flexibility index (Phi) is 4.79. The lowest BCUT2D eigenvalue weighted by molar-refractivity contribution is -0.125. The maximum absolute atomic E-state index is 12.4. The number of hydrogen-bond donors (Lipinski definition) is 1. The van der Waals surface area contributed by atoms with Gasteiger partial charge >= 0.3 is 0 Å². The molecule has 1 aromatic carbocycles. The molecule has 1 aliphatic carbocycles. The molecule has 4 heteroatoms. The Hall–Kier alpha value is -2.10. The molecule has 2 aromatic rings. The van der Waals surface area contributed by atoms with Crippen LogP contribution in [0.3, 0.4) is 0 Å². The van der Waals surface area contributed by atoms with E-state index in [1.165, 1.54) is 6.42 Å². The molecule has 1 amide bonds. The summed E-state index contributed by atoms with van der Waals surface area (Å²) in [5.74, 6) is 0.310. The molecule has 0 unspecified atom stereocenters. The molecular weight excluding hydrogens is 288 g/mol. The topological polar surface area (TPSA) is 51.1 Å². The molecule has 0 spiro atoms. The molecule has 3 rings (SSSR count). The summed E-state index contributed by atoms with van der Waals surface area (Å²) in [5, 5.41) is 4.07. The number of benzene rings is 1. The molecule has 1 N–H and O–H groups in total. The van der Waals surface area contributed by atoms with Gasteiger partial charge in [0.25, 0.3) is 5.56 Å². The Bertz CT molecular complexity index is 758. The molecule has 23 heavy (non-hydrogen) atoms. The second-order valence-corrected chi connectivity index (χ2v) is 6.47. The van der Waals surface area contributed by atoms with Crippen LogP contribution >= 0.6 is 0 Å². The number of para-hydroxylation sites is 1. The van der Waals surface area contributed by atoms with E-state index in [2.05, 4.69) is 5.32 Å². The number of hydrogen-bond acceptors (Lipinski definition) is 2. The van der Waals surface area contributed by atoms with Crippen LogP contribution in [-0.2, 0) is 11.3 Å². The molecule has 0 saturated heterocycles. The largest absolute Gasteiger partial charge is 0.354 e. The van der Waals surface area contributed by atoms with E-state index in [9.17, 15) is 9.59 Å². The predicted molar refractivity (Wildman–Crippen MR) is 92.5 cm³/mol. The molecule has 0 radical (unpaired) electrons. The Morgan fingerprint density at radius 2 is 1.96 bits per heavy atom. The van der Waals surface area contributed by atoms with Gasteiger partial charge in [0.2, 0.25) is 5.91 Å². The quantitative estimate of drug-likeness (QED) is 0.943. The number of aryl methyl sites for hydroxylation is 1. The molecule has 1 aromatic heterocycles. The van der Waals surface area contributed by atoms with Crippen LogP contribution in [0.4, 0.5) is 0 Å². The first kappa shape index (κ1) is 15.8. The normalized spacial score (nSPS) is 15.7. The van der Waals surface area contributed by atoms with Crippen LogP contribution in [0.2, 0.25) is 0 Å². The third kappa shape index (κ3) is 3.46. The number of rotatable bonds is 4. The van der Waals surface area contributed by atoms with Crippen molar-refractivity contribution < 1.29 is 4.79 Å². The zero-order valence-electron chi connectivity index (χ0n) is 13.7. The zero-order chi connectivity index (χ0) is 16.2. The van der Waals surface area contributed by atoms with Crippen molar-refractivity contribution in [3.05, 3.63) is 46.2 Å². The van der Waals surface area contributed by atoms with Crippen molar-refractivity contribution in [2.24, 2.45) is 5.92 Å². The molecule has 1 heterocycles. The standard InChI is InChI=1S/C19H24N2O2/c1-14-13-16-9-5-6-10-17(16)21(19(14)23)12-11-20-18(22)15-7-3-2-4-8-15/h5-6,9-10,13,15H,2-4,7-8,11-12H2,1H3,(H,20,22). The lowest BCUT2D eigenvalue weighted by atomic mass is 9.89. The van der Waals surface area contributed by atoms with E-state index < -0.39 is 0 Å². The molecule has 1 saturated carbocycles. The summed E-state index contributed by atoms with van der Waals surface area (Å²) < 4.78 is 1.77. The number of carbonyl (C=O) groups is 1. The van der Waals surface area contributed by atoms with E-state index in [4.69, 9.17) is 0 Å². The van der Waals surface area contributed by atoms with Gasteiger partial charge in [-0.1, -0.05) is 37.5 Å². The summed E-state index contributed by atoms with van der Waals surface area (Å²) in [6, 6.07) is 9.81. The second kappa shape index (κ2) is 6.99. The number of pyridine rings is 1. The van der Waals surface area contributed by atoms with E-state index in [0.29, 0.717) is 13.1 Å². The highest BCUT2D eigenvalue weighted by Gasteiger charge is 2.20. The summed E-state index contributed by atoms with van der Waals surface area (Å²) in [4.78, 5) is 24.6. The minimum atomic E-state index is 0.0237. The van der Waals surface area contributed by atoms with Gasteiger partial charge in [0.1, 0.15) is 0 Å². The molecular formula is C19H24N2O2. The summed E-state index contributed by atoms with van der Waals surface area (Å²) in [6.45, 7) is 2.86. The first-order chi connectivity index (χ1) is 11.2. The van der Waals surface area contributed by atoms with E-state index in [0.717, 1.165) is 42.1 Å². The minimum absolute atomic E-state index is 0.0237. The fraction of sp³-hybridized carbons (Fsp3) is 0.474. The SMILES string of the molecule is Cc1cc2ccccc2n(CCNC(=O)C2CCCCC2)c1=O. The van der Waals surface area contributed by atoms with Crippen LogP contribution in [0.25, 0.3) is 10.9 Å². The number of aromatic nitrogens is 1. The molecule has 122 valence electrons. The Balaban J connectivity index is 1.70. The van der Waals surface area contributed by atoms with Gasteiger partial charge in [0.05, 0.1) is 5.52 Å². The van der Waals surface area contributed by atoms with Crippen LogP contribution < -0.4 is 10.9 Å². The third-order valence-electron chi connectivity index (χ3n) is 4.79. The molecule has 0 aliphatic heterocycles. The predicted octanol–water partition coefficient (Wildman–Crippen LogP) is 3.01. The molecule has 0 atom stereocenters. The van der Waals surface area contributed by atoms with E-state index >= 15 is 0 Å². The summed E-state index contributed by atoms with van der Waals surface area (Å²) >= 11 is 0. The minimum Gasteiger partial charge on any atom is -0.354 e. The van der Waals surface area contributed by atoms with Gasteiger partial charge < -0.3 is 9.88 Å². The second-order valence-electron chi connectivity index (χ2n) is 6.47. The van der Waals surface area contributed by atoms with E-state index in [1.807, 2.05) is 37.3 Å². The molecule has 0 bridgehead atoms. The van der Waals surface area contributed by atoms with E-state index in [-0.39, 0.29) is 17.4 Å². The average Bonchev–Trinajstić information content (AvgIpc) is 2.59. The number of nitrogens with one attached hydrogen (secondary N) is 1. The highest BCUT2D eigenvalue weighted by Crippen LogP contribution is 2.23. The lowest BCUT2D eigenvalue weighted by Gasteiger charge is -2.21. The van der Waals surface area contributed by atoms with Gasteiger partial charge in [0, 0.05) is 24.6 Å². The smallest absolute Gasteiger partial charge is 0.254 e. The van der Waals surface area contributed by atoms with Crippen LogP contribution in [0.5, 0.6) is 0 Å². The average molecular weight is 312 g/mol. The first-order valence-corrected chi connectivity index (χ1v) is 8.54. The van der Waals surface area contributed by atoms with Crippen molar-refractivity contribution in [1.82, 2.24) is 9.88 Å². The number of nitrogens with zero attached hydrogens (tertiary/aromatic N) is 1. The van der Waals surface area contributed by atoms with Crippen LogP contribution in [0.1, 0.15) is 37.7 Å². The fourth-order valence-electron chi connectivity index (χ4n) is 3.49. The van der Waals surface area contributed by atoms with Crippen LogP contribution in [0.15, 0.2) is 35.1 Å². The highest BCUT2D eigenvalue weighted by atomic mass is 16.2. The summed E-state index contributed by atoms with van der Waals surface area (Å²) in [5.41, 5.74) is 1.69. The monoisotopic (exact) mass is 312 g/mol. The van der Waals surface area contributed by atoms with Gasteiger partial charge in [-0.25, -0.2) is 0 Å². The van der Waals surface area contributed by atoms with Crippen molar-refractivity contribution >= 4 is 16.8 Å². The maximum Gasteiger partial charge on any atom is 0.254 e. The molecule has 1 aliphatic rings. The Morgan fingerprint density at radius 1 is 1.22 bits per heavy atom. The van der Waals surface area contributed by atoms with E-state index in [1.54, 1.807) is 4.57 Å². The number of amides is 1. The number of carbonyl (C=O) groups excluding carboxylic acids is 1. The fourth-order valence-corrected chi connectivity index (χ4v) is 3.49. The van der Waals surface area contributed by atoms with Gasteiger partial charge in [-0.15, -0.1) is 0 Å². The Labute approximate surface area is 136 Å². The number of fused-ring (bicyclic) bond motifs is 1. The highest BCUT2D eigenvalue weighted by molar-refractivity contribution is 5.80. The van der Waals surface area contributed by atoms with Crippen LogP contribution in [0, 0.1) is 12.8 Å². The first-order valence-electron chi connectivity index (χ1n) is 8.54. The van der Waals surface area contributed by atoms with Crippen LogP contribution in [-0.4, -0.2) is 17.0 Å². The third-order valence-corrected chi connectivity index (χ3v) is 4.79. The summed E-state index contributed by atoms with van der Waals surface area (Å²) in [7, 11) is 0.